The highest BCUT2D eigenvalue weighted by atomic mass is 79.9. The van der Waals surface area contributed by atoms with Crippen LogP contribution in [0.1, 0.15) is 31.4 Å². The smallest absolute Gasteiger partial charge is 0.175 e. The Morgan fingerprint density at radius 1 is 1.19 bits per heavy atom. The SMILES string of the molecule is COc1cc(CNCCC(C)C)cc(Br)c1OCc1ccccc1Cl.Cl. The number of halogens is 3. The molecule has 2 aromatic carbocycles. The monoisotopic (exact) mass is 461 g/mol. The Kier molecular flexibility index (Phi) is 10.4. The molecule has 0 saturated carbocycles. The van der Waals surface area contributed by atoms with Gasteiger partial charge in [-0.2, -0.15) is 0 Å². The Morgan fingerprint density at radius 2 is 1.92 bits per heavy atom. The Labute approximate surface area is 176 Å². The van der Waals surface area contributed by atoms with Gasteiger partial charge in [0.2, 0.25) is 0 Å². The van der Waals surface area contributed by atoms with E-state index in [0.29, 0.717) is 29.0 Å². The molecule has 1 N–H and O–H groups in total. The maximum absolute atomic E-state index is 6.19. The minimum absolute atomic E-state index is 0. The van der Waals surface area contributed by atoms with Gasteiger partial charge < -0.3 is 14.8 Å². The van der Waals surface area contributed by atoms with Gasteiger partial charge in [-0.15, -0.1) is 12.4 Å². The van der Waals surface area contributed by atoms with Crippen LogP contribution in [0, 0.1) is 5.92 Å². The number of methoxy groups -OCH3 is 1. The van der Waals surface area contributed by atoms with Gasteiger partial charge in [-0.25, -0.2) is 0 Å². The van der Waals surface area contributed by atoms with Crippen molar-refractivity contribution in [2.24, 2.45) is 5.92 Å². The minimum Gasteiger partial charge on any atom is -0.493 e. The average Bonchev–Trinajstić information content (AvgIpc) is 2.58. The van der Waals surface area contributed by atoms with E-state index >= 15 is 0 Å². The first kappa shape index (κ1) is 23.1. The Bertz CT molecular complexity index is 696. The van der Waals surface area contributed by atoms with Crippen molar-refractivity contribution in [3.8, 4) is 11.5 Å². The first-order chi connectivity index (χ1) is 12.0. The zero-order chi connectivity index (χ0) is 18.2. The molecule has 6 heteroatoms. The van der Waals surface area contributed by atoms with Crippen molar-refractivity contribution in [1.82, 2.24) is 5.32 Å². The van der Waals surface area contributed by atoms with Crippen LogP contribution in [0.3, 0.4) is 0 Å². The molecule has 0 fully saturated rings. The molecule has 0 atom stereocenters. The van der Waals surface area contributed by atoms with Crippen LogP contribution in [-0.2, 0) is 13.2 Å². The van der Waals surface area contributed by atoms with Crippen LogP contribution in [-0.4, -0.2) is 13.7 Å². The molecule has 144 valence electrons. The van der Waals surface area contributed by atoms with E-state index in [2.05, 4.69) is 41.2 Å². The zero-order valence-electron chi connectivity index (χ0n) is 15.4. The number of ether oxygens (including phenoxy) is 2. The lowest BCUT2D eigenvalue weighted by atomic mass is 10.1. The van der Waals surface area contributed by atoms with Crippen LogP contribution in [0.5, 0.6) is 11.5 Å². The third-order valence-corrected chi connectivity index (χ3v) is 4.80. The summed E-state index contributed by atoms with van der Waals surface area (Å²) in [6.45, 7) is 6.65. The molecule has 0 unspecified atom stereocenters. The van der Waals surface area contributed by atoms with Gasteiger partial charge in [0, 0.05) is 17.1 Å². The van der Waals surface area contributed by atoms with Crippen molar-refractivity contribution in [2.45, 2.75) is 33.4 Å². The second-order valence-electron chi connectivity index (χ2n) is 6.35. The summed E-state index contributed by atoms with van der Waals surface area (Å²) < 4.78 is 12.3. The summed E-state index contributed by atoms with van der Waals surface area (Å²) in [7, 11) is 1.65. The van der Waals surface area contributed by atoms with Crippen molar-refractivity contribution in [2.75, 3.05) is 13.7 Å². The number of hydrogen-bond acceptors (Lipinski definition) is 3. The van der Waals surface area contributed by atoms with Gasteiger partial charge >= 0.3 is 0 Å². The normalized spacial score (nSPS) is 10.5. The lowest BCUT2D eigenvalue weighted by Gasteiger charge is -2.15. The second-order valence-corrected chi connectivity index (χ2v) is 7.61. The molecule has 0 amide bonds. The fourth-order valence-electron chi connectivity index (χ4n) is 2.40. The van der Waals surface area contributed by atoms with Crippen LogP contribution < -0.4 is 14.8 Å². The molecule has 0 radical (unpaired) electrons. The molecule has 0 spiro atoms. The predicted octanol–water partition coefficient (Wildman–Crippen LogP) is 6.25. The number of nitrogens with one attached hydrogen (secondary N) is 1. The van der Waals surface area contributed by atoms with Gasteiger partial charge in [0.25, 0.3) is 0 Å². The van der Waals surface area contributed by atoms with Crippen molar-refractivity contribution >= 4 is 39.9 Å². The first-order valence-electron chi connectivity index (χ1n) is 8.44. The molecule has 0 aliphatic carbocycles. The average molecular weight is 463 g/mol. The van der Waals surface area contributed by atoms with Crippen LogP contribution in [0.4, 0.5) is 0 Å². The molecule has 3 nitrogen and oxygen atoms in total. The van der Waals surface area contributed by atoms with Crippen LogP contribution in [0.15, 0.2) is 40.9 Å². The van der Waals surface area contributed by atoms with Gasteiger partial charge in [-0.1, -0.05) is 43.6 Å². The van der Waals surface area contributed by atoms with Gasteiger partial charge in [-0.05, 0) is 58.6 Å². The molecule has 2 rings (SSSR count). The summed E-state index contributed by atoms with van der Waals surface area (Å²) in [6, 6.07) is 11.7. The fourth-order valence-corrected chi connectivity index (χ4v) is 3.20. The molecular formula is C20H26BrCl2NO2. The Hall–Kier alpha value is -0.940. The van der Waals surface area contributed by atoms with Crippen molar-refractivity contribution in [3.05, 3.63) is 57.0 Å². The summed E-state index contributed by atoms with van der Waals surface area (Å²) in [6.07, 6.45) is 1.16. The van der Waals surface area contributed by atoms with E-state index in [0.717, 1.165) is 35.1 Å². The van der Waals surface area contributed by atoms with Crippen LogP contribution >= 0.6 is 39.9 Å². The highest BCUT2D eigenvalue weighted by Gasteiger charge is 2.12. The van der Waals surface area contributed by atoms with Gasteiger partial charge in [0.15, 0.2) is 11.5 Å². The second kappa shape index (κ2) is 11.7. The molecule has 0 heterocycles. The molecule has 0 aliphatic heterocycles. The highest BCUT2D eigenvalue weighted by Crippen LogP contribution is 2.37. The predicted molar refractivity (Wildman–Crippen MR) is 115 cm³/mol. The maximum atomic E-state index is 6.19. The summed E-state index contributed by atoms with van der Waals surface area (Å²) in [4.78, 5) is 0. The lowest BCUT2D eigenvalue weighted by Crippen LogP contribution is -2.16. The lowest BCUT2D eigenvalue weighted by molar-refractivity contribution is 0.282. The summed E-state index contributed by atoms with van der Waals surface area (Å²) in [5.74, 6) is 2.10. The largest absolute Gasteiger partial charge is 0.493 e. The van der Waals surface area contributed by atoms with E-state index < -0.39 is 0 Å². The molecule has 26 heavy (non-hydrogen) atoms. The Morgan fingerprint density at radius 3 is 2.58 bits per heavy atom. The molecule has 0 aromatic heterocycles. The quantitative estimate of drug-likeness (QED) is 0.447. The van der Waals surface area contributed by atoms with E-state index in [-0.39, 0.29) is 12.4 Å². The van der Waals surface area contributed by atoms with Crippen molar-refractivity contribution in [3.63, 3.8) is 0 Å². The number of benzene rings is 2. The zero-order valence-corrected chi connectivity index (χ0v) is 18.5. The molecule has 2 aromatic rings. The van der Waals surface area contributed by atoms with E-state index in [1.807, 2.05) is 30.3 Å². The van der Waals surface area contributed by atoms with E-state index in [9.17, 15) is 0 Å². The third kappa shape index (κ3) is 6.99. The summed E-state index contributed by atoms with van der Waals surface area (Å²) >= 11 is 9.79. The maximum Gasteiger partial charge on any atom is 0.175 e. The topological polar surface area (TPSA) is 30.5 Å². The van der Waals surface area contributed by atoms with Crippen molar-refractivity contribution in [1.29, 1.82) is 0 Å². The molecule has 0 bridgehead atoms. The first-order valence-corrected chi connectivity index (χ1v) is 9.61. The number of hydrogen-bond donors (Lipinski definition) is 1. The standard InChI is InChI=1S/C20H25BrClNO2.ClH/c1-14(2)8-9-23-12-15-10-17(21)20(19(11-15)24-3)25-13-16-6-4-5-7-18(16)22;/h4-7,10-11,14,23H,8-9,12-13H2,1-3H3;1H. The molecule has 0 saturated heterocycles. The van der Waals surface area contributed by atoms with E-state index in [1.54, 1.807) is 7.11 Å². The van der Waals surface area contributed by atoms with Gasteiger partial charge in [-0.3, -0.25) is 0 Å². The van der Waals surface area contributed by atoms with Gasteiger partial charge in [0.1, 0.15) is 6.61 Å². The third-order valence-electron chi connectivity index (χ3n) is 3.85. The molecular weight excluding hydrogens is 437 g/mol. The van der Waals surface area contributed by atoms with Crippen LogP contribution in [0.2, 0.25) is 5.02 Å². The minimum atomic E-state index is 0. The van der Waals surface area contributed by atoms with E-state index in [4.69, 9.17) is 21.1 Å². The van der Waals surface area contributed by atoms with Crippen molar-refractivity contribution < 1.29 is 9.47 Å². The Balaban J connectivity index is 0.00000338. The van der Waals surface area contributed by atoms with Crippen LogP contribution in [0.25, 0.3) is 0 Å². The fraction of sp³-hybridized carbons (Fsp3) is 0.400. The highest BCUT2D eigenvalue weighted by molar-refractivity contribution is 9.10. The van der Waals surface area contributed by atoms with Gasteiger partial charge in [0.05, 0.1) is 11.6 Å². The summed E-state index contributed by atoms with van der Waals surface area (Å²) in [5, 5.41) is 4.16. The van der Waals surface area contributed by atoms with E-state index in [1.165, 1.54) is 0 Å². The molecule has 0 aliphatic rings. The number of rotatable bonds is 9. The summed E-state index contributed by atoms with van der Waals surface area (Å²) in [5.41, 5.74) is 2.09.